The van der Waals surface area contributed by atoms with Gasteiger partial charge in [0.25, 0.3) is 0 Å². The van der Waals surface area contributed by atoms with Crippen molar-refractivity contribution < 1.29 is 14.6 Å². The van der Waals surface area contributed by atoms with E-state index in [2.05, 4.69) is 6.58 Å². The lowest BCUT2D eigenvalue weighted by molar-refractivity contribution is -0.134. The molecule has 3 nitrogen and oxygen atoms in total. The van der Waals surface area contributed by atoms with Crippen LogP contribution in [0.15, 0.2) is 24.8 Å². The Morgan fingerprint density at radius 1 is 1.83 bits per heavy atom. The number of fused-ring (bicyclic) bond motifs is 1. The van der Waals surface area contributed by atoms with Crippen LogP contribution < -0.4 is 0 Å². The van der Waals surface area contributed by atoms with Gasteiger partial charge in [0.15, 0.2) is 11.4 Å². The summed E-state index contributed by atoms with van der Waals surface area (Å²) in [6, 6.07) is 0. The second-order valence-electron chi connectivity index (χ2n) is 3.16. The molecule has 1 N–H and O–H groups in total. The van der Waals surface area contributed by atoms with E-state index in [1.807, 2.05) is 0 Å². The molecule has 3 heteroatoms. The molecule has 1 aliphatic heterocycles. The van der Waals surface area contributed by atoms with Gasteiger partial charge in [-0.3, -0.25) is 4.79 Å². The Hall–Kier alpha value is -0.930. The number of carbonyl (C=O) groups excluding carboxylic acids is 1. The highest BCUT2D eigenvalue weighted by Gasteiger charge is 2.58. The van der Waals surface area contributed by atoms with E-state index in [0.717, 1.165) is 0 Å². The van der Waals surface area contributed by atoms with E-state index in [9.17, 15) is 9.90 Å². The first kappa shape index (κ1) is 7.71. The van der Waals surface area contributed by atoms with Crippen molar-refractivity contribution in [1.29, 1.82) is 0 Å². The van der Waals surface area contributed by atoms with Crippen molar-refractivity contribution in [3.05, 3.63) is 24.8 Å². The molecule has 0 spiro atoms. The second kappa shape index (κ2) is 2.28. The van der Waals surface area contributed by atoms with Gasteiger partial charge < -0.3 is 9.84 Å². The Bertz CT molecular complexity index is 269. The van der Waals surface area contributed by atoms with E-state index in [1.165, 1.54) is 12.2 Å². The zero-order valence-electron chi connectivity index (χ0n) is 6.56. The summed E-state index contributed by atoms with van der Waals surface area (Å²) in [7, 11) is 0. The highest BCUT2D eigenvalue weighted by Crippen LogP contribution is 2.39. The van der Waals surface area contributed by atoms with E-state index in [1.54, 1.807) is 6.08 Å². The molecule has 0 unspecified atom stereocenters. The molecule has 0 amide bonds. The van der Waals surface area contributed by atoms with Crippen molar-refractivity contribution in [3.8, 4) is 0 Å². The SMILES string of the molecule is C=CC[C@]1(O)C(=O)C=C[C@H]2O[C@H]21. The van der Waals surface area contributed by atoms with Crippen LogP contribution in [0.25, 0.3) is 0 Å². The fourth-order valence-corrected chi connectivity index (χ4v) is 1.56. The molecule has 1 heterocycles. The van der Waals surface area contributed by atoms with E-state index in [4.69, 9.17) is 4.74 Å². The molecule has 1 saturated heterocycles. The van der Waals surface area contributed by atoms with Gasteiger partial charge >= 0.3 is 0 Å². The molecule has 0 aromatic carbocycles. The third kappa shape index (κ3) is 0.869. The molecule has 0 aromatic rings. The largest absolute Gasteiger partial charge is 0.378 e. The topological polar surface area (TPSA) is 49.8 Å². The molecule has 12 heavy (non-hydrogen) atoms. The van der Waals surface area contributed by atoms with Crippen molar-refractivity contribution in [2.45, 2.75) is 24.2 Å². The van der Waals surface area contributed by atoms with Crippen LogP contribution in [0.1, 0.15) is 6.42 Å². The summed E-state index contributed by atoms with van der Waals surface area (Å²) in [4.78, 5) is 11.3. The van der Waals surface area contributed by atoms with E-state index >= 15 is 0 Å². The van der Waals surface area contributed by atoms with Crippen LogP contribution in [0, 0.1) is 0 Å². The molecule has 0 radical (unpaired) electrons. The lowest BCUT2D eigenvalue weighted by Crippen LogP contribution is -2.45. The van der Waals surface area contributed by atoms with Gasteiger partial charge in [0.1, 0.15) is 12.2 Å². The lowest BCUT2D eigenvalue weighted by atomic mass is 9.85. The second-order valence-corrected chi connectivity index (χ2v) is 3.16. The number of rotatable bonds is 2. The molecular weight excluding hydrogens is 156 g/mol. The maximum atomic E-state index is 11.3. The summed E-state index contributed by atoms with van der Waals surface area (Å²) in [5, 5.41) is 9.85. The number of carbonyl (C=O) groups is 1. The fourth-order valence-electron chi connectivity index (χ4n) is 1.56. The molecule has 1 aliphatic carbocycles. The summed E-state index contributed by atoms with van der Waals surface area (Å²) in [6.45, 7) is 3.50. The van der Waals surface area contributed by atoms with Gasteiger partial charge in [-0.15, -0.1) is 6.58 Å². The summed E-state index contributed by atoms with van der Waals surface area (Å²) < 4.78 is 5.11. The zero-order valence-corrected chi connectivity index (χ0v) is 6.56. The summed E-state index contributed by atoms with van der Waals surface area (Å²) in [6.07, 6.45) is 4.47. The average Bonchev–Trinajstić information content (AvgIpc) is 2.78. The maximum absolute atomic E-state index is 11.3. The first-order valence-corrected chi connectivity index (χ1v) is 3.90. The van der Waals surface area contributed by atoms with Crippen LogP contribution in [0.5, 0.6) is 0 Å². The van der Waals surface area contributed by atoms with Crippen molar-refractivity contribution in [1.82, 2.24) is 0 Å². The van der Waals surface area contributed by atoms with E-state index < -0.39 is 5.60 Å². The standard InChI is InChI=1S/C9H10O3/c1-2-5-9(11)7(10)4-3-6-8(9)12-6/h2-4,6,8,11H,1,5H2/t6-,8-,9+/m1/s1. The molecule has 2 rings (SSSR count). The maximum Gasteiger partial charge on any atom is 0.190 e. The molecule has 1 fully saturated rings. The first-order chi connectivity index (χ1) is 5.68. The Labute approximate surface area is 70.3 Å². The van der Waals surface area contributed by atoms with Gasteiger partial charge in [0.2, 0.25) is 0 Å². The van der Waals surface area contributed by atoms with E-state index in [-0.39, 0.29) is 24.4 Å². The van der Waals surface area contributed by atoms with Gasteiger partial charge in [0.05, 0.1) is 0 Å². The quantitative estimate of drug-likeness (QED) is 0.471. The minimum absolute atomic E-state index is 0.0624. The van der Waals surface area contributed by atoms with Gasteiger partial charge in [-0.25, -0.2) is 0 Å². The third-order valence-corrected chi connectivity index (χ3v) is 2.32. The van der Waals surface area contributed by atoms with Gasteiger partial charge in [-0.05, 0) is 12.2 Å². The molecule has 0 bridgehead atoms. The number of hydrogen-bond donors (Lipinski definition) is 1. The molecule has 0 aromatic heterocycles. The van der Waals surface area contributed by atoms with Gasteiger partial charge in [-0.1, -0.05) is 6.08 Å². The summed E-state index contributed by atoms with van der Waals surface area (Å²) in [5.74, 6) is -0.277. The number of aliphatic hydroxyl groups is 1. The monoisotopic (exact) mass is 166 g/mol. The van der Waals surface area contributed by atoms with Crippen molar-refractivity contribution in [3.63, 3.8) is 0 Å². The van der Waals surface area contributed by atoms with Crippen LogP contribution in [-0.2, 0) is 9.53 Å². The fraction of sp³-hybridized carbons (Fsp3) is 0.444. The lowest BCUT2D eigenvalue weighted by Gasteiger charge is -2.23. The number of hydrogen-bond acceptors (Lipinski definition) is 3. The van der Waals surface area contributed by atoms with Crippen molar-refractivity contribution in [2.24, 2.45) is 0 Å². The van der Waals surface area contributed by atoms with Gasteiger partial charge in [-0.2, -0.15) is 0 Å². The number of ketones is 1. The molecular formula is C9H10O3. The first-order valence-electron chi connectivity index (χ1n) is 3.90. The summed E-state index contributed by atoms with van der Waals surface area (Å²) in [5.41, 5.74) is -1.35. The predicted molar refractivity (Wildman–Crippen MR) is 42.6 cm³/mol. The molecule has 0 saturated carbocycles. The smallest absolute Gasteiger partial charge is 0.190 e. The number of ether oxygens (including phenoxy) is 1. The van der Waals surface area contributed by atoms with Gasteiger partial charge in [0, 0.05) is 6.42 Å². The summed E-state index contributed by atoms with van der Waals surface area (Å²) >= 11 is 0. The third-order valence-electron chi connectivity index (χ3n) is 2.32. The van der Waals surface area contributed by atoms with Crippen LogP contribution in [0.2, 0.25) is 0 Å². The molecule has 2 aliphatic rings. The van der Waals surface area contributed by atoms with Crippen LogP contribution in [0.4, 0.5) is 0 Å². The average molecular weight is 166 g/mol. The molecule has 64 valence electrons. The minimum atomic E-state index is -1.35. The van der Waals surface area contributed by atoms with Crippen LogP contribution in [-0.4, -0.2) is 28.7 Å². The highest BCUT2D eigenvalue weighted by atomic mass is 16.6. The normalized spacial score (nSPS) is 43.9. The zero-order chi connectivity index (χ0) is 8.77. The van der Waals surface area contributed by atoms with Crippen LogP contribution >= 0.6 is 0 Å². The van der Waals surface area contributed by atoms with Crippen LogP contribution in [0.3, 0.4) is 0 Å². The highest BCUT2D eigenvalue weighted by molar-refractivity contribution is 5.99. The van der Waals surface area contributed by atoms with E-state index in [0.29, 0.717) is 0 Å². The minimum Gasteiger partial charge on any atom is -0.378 e. The predicted octanol–water partition coefficient (Wildman–Crippen LogP) is 0.200. The van der Waals surface area contributed by atoms with Crippen molar-refractivity contribution in [2.75, 3.05) is 0 Å². The Kier molecular flexibility index (Phi) is 1.46. The van der Waals surface area contributed by atoms with Crippen molar-refractivity contribution >= 4 is 5.78 Å². The molecule has 3 atom stereocenters. The Morgan fingerprint density at radius 2 is 2.58 bits per heavy atom. The Balaban J connectivity index is 2.28. The number of epoxide rings is 1. The Morgan fingerprint density at radius 3 is 3.25 bits per heavy atom.